The van der Waals surface area contributed by atoms with Crippen LogP contribution in [0.5, 0.6) is 0 Å². The standard InChI is InChI=1S/C14H16FN5S/c1-8(2)12(16)13-17-18-14-20(13)19-11(7-21-14)9-3-5-10(15)6-4-9/h3-8,12,19H,16H2,1-2H3/t12-/m0/s1. The highest BCUT2D eigenvalue weighted by molar-refractivity contribution is 8.02. The first-order valence-corrected chi connectivity index (χ1v) is 7.55. The third-order valence-electron chi connectivity index (χ3n) is 3.34. The van der Waals surface area contributed by atoms with E-state index in [9.17, 15) is 4.39 Å². The molecule has 1 aromatic carbocycles. The summed E-state index contributed by atoms with van der Waals surface area (Å²) in [7, 11) is 0. The van der Waals surface area contributed by atoms with Crippen molar-refractivity contribution in [3.8, 4) is 0 Å². The summed E-state index contributed by atoms with van der Waals surface area (Å²) < 4.78 is 14.8. The van der Waals surface area contributed by atoms with Crippen LogP contribution in [0.15, 0.2) is 34.8 Å². The van der Waals surface area contributed by atoms with Crippen LogP contribution in [-0.2, 0) is 0 Å². The van der Waals surface area contributed by atoms with Gasteiger partial charge in [-0.3, -0.25) is 5.43 Å². The number of nitrogens with one attached hydrogen (secondary N) is 1. The van der Waals surface area contributed by atoms with E-state index in [-0.39, 0.29) is 17.8 Å². The van der Waals surface area contributed by atoms with Gasteiger partial charge >= 0.3 is 0 Å². The number of hydrogen-bond acceptors (Lipinski definition) is 5. The average molecular weight is 305 g/mol. The Hall–Kier alpha value is -1.86. The maximum atomic E-state index is 13.0. The second-order valence-corrected chi connectivity index (χ2v) is 6.05. The third kappa shape index (κ3) is 2.66. The number of fused-ring (bicyclic) bond motifs is 1. The second kappa shape index (κ2) is 5.50. The molecule has 5 nitrogen and oxygen atoms in total. The van der Waals surface area contributed by atoms with Crippen LogP contribution >= 0.6 is 11.8 Å². The van der Waals surface area contributed by atoms with Crippen molar-refractivity contribution < 1.29 is 4.39 Å². The van der Waals surface area contributed by atoms with E-state index in [1.54, 1.807) is 16.8 Å². The Morgan fingerprint density at radius 2 is 1.95 bits per heavy atom. The molecule has 0 aliphatic carbocycles. The van der Waals surface area contributed by atoms with Gasteiger partial charge in [0.05, 0.1) is 11.7 Å². The minimum Gasteiger partial charge on any atom is -0.321 e. The van der Waals surface area contributed by atoms with Crippen LogP contribution in [0.2, 0.25) is 0 Å². The van der Waals surface area contributed by atoms with Gasteiger partial charge in [-0.2, -0.15) is 0 Å². The number of thioether (sulfide) groups is 1. The molecule has 1 aliphatic heterocycles. The topological polar surface area (TPSA) is 68.8 Å². The molecule has 0 saturated heterocycles. The predicted octanol–water partition coefficient (Wildman–Crippen LogP) is 2.72. The van der Waals surface area contributed by atoms with Crippen LogP contribution in [0.4, 0.5) is 4.39 Å². The minimum absolute atomic E-state index is 0.202. The first kappa shape index (κ1) is 14.1. The summed E-state index contributed by atoms with van der Waals surface area (Å²) in [4.78, 5) is 0. The largest absolute Gasteiger partial charge is 0.321 e. The second-order valence-electron chi connectivity index (χ2n) is 5.21. The lowest BCUT2D eigenvalue weighted by Crippen LogP contribution is -2.27. The van der Waals surface area contributed by atoms with E-state index >= 15 is 0 Å². The van der Waals surface area contributed by atoms with Gasteiger partial charge in [-0.25, -0.2) is 9.07 Å². The molecule has 3 rings (SSSR count). The smallest absolute Gasteiger partial charge is 0.214 e. The fraction of sp³-hybridized carbons (Fsp3) is 0.286. The molecule has 110 valence electrons. The highest BCUT2D eigenvalue weighted by Crippen LogP contribution is 2.30. The van der Waals surface area contributed by atoms with Gasteiger partial charge < -0.3 is 5.73 Å². The molecule has 0 saturated carbocycles. The number of nitrogens with zero attached hydrogens (tertiary/aromatic N) is 3. The number of aromatic nitrogens is 3. The maximum Gasteiger partial charge on any atom is 0.214 e. The quantitative estimate of drug-likeness (QED) is 0.912. The molecule has 0 unspecified atom stereocenters. The molecule has 21 heavy (non-hydrogen) atoms. The monoisotopic (exact) mass is 305 g/mol. The van der Waals surface area contributed by atoms with Crippen LogP contribution in [0.1, 0.15) is 31.3 Å². The number of rotatable bonds is 3. The lowest BCUT2D eigenvalue weighted by Gasteiger charge is -2.22. The lowest BCUT2D eigenvalue weighted by molar-refractivity contribution is 0.476. The van der Waals surface area contributed by atoms with Crippen molar-refractivity contribution in [2.24, 2.45) is 11.7 Å². The third-order valence-corrected chi connectivity index (χ3v) is 4.17. The van der Waals surface area contributed by atoms with Crippen LogP contribution < -0.4 is 11.2 Å². The van der Waals surface area contributed by atoms with E-state index in [2.05, 4.69) is 15.6 Å². The van der Waals surface area contributed by atoms with Gasteiger partial charge in [0.2, 0.25) is 5.16 Å². The van der Waals surface area contributed by atoms with Gasteiger partial charge in [0.15, 0.2) is 5.82 Å². The van der Waals surface area contributed by atoms with Crippen molar-refractivity contribution in [1.82, 2.24) is 14.9 Å². The summed E-state index contributed by atoms with van der Waals surface area (Å²) in [6.45, 7) is 4.08. The van der Waals surface area contributed by atoms with Crippen molar-refractivity contribution >= 4 is 17.5 Å². The summed E-state index contributed by atoms with van der Waals surface area (Å²) in [6.07, 6.45) is 0. The zero-order chi connectivity index (χ0) is 15.0. The molecule has 0 radical (unpaired) electrons. The summed E-state index contributed by atoms with van der Waals surface area (Å²) in [5, 5.41) is 11.0. The zero-order valence-corrected chi connectivity index (χ0v) is 12.6. The van der Waals surface area contributed by atoms with Gasteiger partial charge in [-0.15, -0.1) is 10.2 Å². The summed E-state index contributed by atoms with van der Waals surface area (Å²) in [5.74, 6) is 0.695. The molecule has 0 bridgehead atoms. The van der Waals surface area contributed by atoms with E-state index in [1.807, 2.05) is 19.3 Å². The molecule has 2 aromatic rings. The fourth-order valence-corrected chi connectivity index (χ4v) is 2.74. The number of hydrogen-bond donors (Lipinski definition) is 2. The Kier molecular flexibility index (Phi) is 3.69. The number of benzene rings is 1. The first-order chi connectivity index (χ1) is 10.1. The zero-order valence-electron chi connectivity index (χ0n) is 11.7. The van der Waals surface area contributed by atoms with Gasteiger partial charge in [-0.05, 0) is 30.2 Å². The summed E-state index contributed by atoms with van der Waals surface area (Å²) in [6, 6.07) is 6.13. The molecule has 2 heterocycles. The molecule has 0 fully saturated rings. The van der Waals surface area contributed by atoms with Crippen LogP contribution in [0.3, 0.4) is 0 Å². The van der Waals surface area contributed by atoms with E-state index in [0.29, 0.717) is 5.82 Å². The SMILES string of the molecule is CC(C)[C@H](N)c1nnc2n1NC(c1ccc(F)cc1)=CS2. The molecule has 0 amide bonds. The van der Waals surface area contributed by atoms with E-state index in [0.717, 1.165) is 16.4 Å². The highest BCUT2D eigenvalue weighted by atomic mass is 32.2. The highest BCUT2D eigenvalue weighted by Gasteiger charge is 2.23. The van der Waals surface area contributed by atoms with Gasteiger partial charge in [0, 0.05) is 11.0 Å². The lowest BCUT2D eigenvalue weighted by atomic mass is 10.1. The van der Waals surface area contributed by atoms with Crippen LogP contribution in [-0.4, -0.2) is 14.9 Å². The van der Waals surface area contributed by atoms with Crippen molar-refractivity contribution in [2.75, 3.05) is 5.43 Å². The van der Waals surface area contributed by atoms with Crippen LogP contribution in [0.25, 0.3) is 5.70 Å². The fourth-order valence-electron chi connectivity index (χ4n) is 2.00. The maximum absolute atomic E-state index is 13.0. The Balaban J connectivity index is 1.90. The first-order valence-electron chi connectivity index (χ1n) is 6.67. The molecule has 1 atom stereocenters. The molecular formula is C14H16FN5S. The van der Waals surface area contributed by atoms with Crippen molar-refractivity contribution in [3.05, 3.63) is 46.9 Å². The van der Waals surface area contributed by atoms with E-state index in [1.165, 1.54) is 23.9 Å². The van der Waals surface area contributed by atoms with Crippen LogP contribution in [0, 0.1) is 11.7 Å². The van der Waals surface area contributed by atoms with Gasteiger partial charge in [0.25, 0.3) is 0 Å². The van der Waals surface area contributed by atoms with Crippen molar-refractivity contribution in [1.29, 1.82) is 0 Å². The molecule has 1 aromatic heterocycles. The Labute approximate surface area is 126 Å². The Morgan fingerprint density at radius 3 is 2.62 bits per heavy atom. The Bertz CT molecular complexity index is 677. The minimum atomic E-state index is -0.254. The van der Waals surface area contributed by atoms with Crippen molar-refractivity contribution in [2.45, 2.75) is 25.0 Å². The number of nitrogens with two attached hydrogens (primary N) is 1. The molecule has 1 aliphatic rings. The molecular weight excluding hydrogens is 289 g/mol. The predicted molar refractivity (Wildman–Crippen MR) is 81.4 cm³/mol. The van der Waals surface area contributed by atoms with Gasteiger partial charge in [0.1, 0.15) is 5.82 Å². The summed E-state index contributed by atoms with van der Waals surface area (Å²) in [5.41, 5.74) is 11.2. The number of halogens is 1. The van der Waals surface area contributed by atoms with E-state index < -0.39 is 0 Å². The molecule has 0 spiro atoms. The average Bonchev–Trinajstić information content (AvgIpc) is 2.90. The van der Waals surface area contributed by atoms with E-state index in [4.69, 9.17) is 5.73 Å². The molecule has 3 N–H and O–H groups in total. The Morgan fingerprint density at radius 1 is 1.24 bits per heavy atom. The van der Waals surface area contributed by atoms with Crippen molar-refractivity contribution in [3.63, 3.8) is 0 Å². The normalized spacial score (nSPS) is 15.4. The molecule has 7 heteroatoms. The summed E-state index contributed by atoms with van der Waals surface area (Å²) >= 11 is 1.46. The van der Waals surface area contributed by atoms with Gasteiger partial charge in [-0.1, -0.05) is 25.6 Å².